The number of ether oxygens (including phenoxy) is 1. The van der Waals surface area contributed by atoms with Gasteiger partial charge in [-0.1, -0.05) is 5.16 Å². The van der Waals surface area contributed by atoms with Crippen LogP contribution in [0, 0.1) is 0 Å². The minimum absolute atomic E-state index is 0.182. The van der Waals surface area contributed by atoms with E-state index in [-0.39, 0.29) is 11.5 Å². The van der Waals surface area contributed by atoms with Crippen molar-refractivity contribution in [3.05, 3.63) is 29.3 Å². The fraction of sp³-hybridized carbons (Fsp3) is 0.385. The van der Waals surface area contributed by atoms with Crippen molar-refractivity contribution in [2.45, 2.75) is 26.2 Å². The number of ketones is 1. The lowest BCUT2D eigenvalue weighted by Crippen LogP contribution is -2.27. The van der Waals surface area contributed by atoms with E-state index < -0.39 is 5.41 Å². The predicted molar refractivity (Wildman–Crippen MR) is 64.2 cm³/mol. The van der Waals surface area contributed by atoms with Crippen LogP contribution in [0.3, 0.4) is 0 Å². The number of Topliss-reactive ketones (excluding diaryl/α,β-unsaturated/α-hetero) is 1. The van der Waals surface area contributed by atoms with E-state index in [0.29, 0.717) is 12.2 Å². The molecule has 0 radical (unpaired) electrons. The summed E-state index contributed by atoms with van der Waals surface area (Å²) in [5, 5.41) is 12.1. The van der Waals surface area contributed by atoms with Crippen molar-refractivity contribution in [1.29, 1.82) is 0 Å². The summed E-state index contributed by atoms with van der Waals surface area (Å²) in [6.45, 7) is 6.21. The van der Waals surface area contributed by atoms with E-state index in [1.54, 1.807) is 12.1 Å². The van der Waals surface area contributed by atoms with Gasteiger partial charge >= 0.3 is 0 Å². The van der Waals surface area contributed by atoms with Gasteiger partial charge in [0.15, 0.2) is 0 Å². The van der Waals surface area contributed by atoms with Crippen molar-refractivity contribution in [1.82, 2.24) is 0 Å². The zero-order valence-electron chi connectivity index (χ0n) is 10.2. The standard InChI is InChI=1S/C13H15NO3/c1-4-17-8-5-6-9-10(7-8)13(2,3)12(14-16)11(9)15/h5-7,16H,4H2,1-3H3/b14-12+. The summed E-state index contributed by atoms with van der Waals surface area (Å²) in [4.78, 5) is 12.0. The number of fused-ring (bicyclic) bond motifs is 1. The van der Waals surface area contributed by atoms with Gasteiger partial charge in [0.25, 0.3) is 0 Å². The third-order valence-electron chi connectivity index (χ3n) is 3.13. The van der Waals surface area contributed by atoms with Crippen LogP contribution in [-0.4, -0.2) is 23.3 Å². The molecule has 1 aliphatic carbocycles. The highest BCUT2D eigenvalue weighted by Crippen LogP contribution is 2.38. The molecule has 0 bridgehead atoms. The Labute approximate surface area is 99.9 Å². The first-order valence-electron chi connectivity index (χ1n) is 5.57. The summed E-state index contributed by atoms with van der Waals surface area (Å²) in [7, 11) is 0. The minimum atomic E-state index is -0.575. The third kappa shape index (κ3) is 1.60. The average Bonchev–Trinajstić information content (AvgIpc) is 2.47. The number of hydrogen-bond acceptors (Lipinski definition) is 4. The fourth-order valence-corrected chi connectivity index (χ4v) is 2.20. The first-order valence-corrected chi connectivity index (χ1v) is 5.57. The molecule has 0 aromatic heterocycles. The molecule has 0 spiro atoms. The molecular weight excluding hydrogens is 218 g/mol. The molecular formula is C13H15NO3. The molecule has 1 N–H and O–H groups in total. The van der Waals surface area contributed by atoms with Crippen LogP contribution < -0.4 is 4.74 Å². The average molecular weight is 233 g/mol. The second-order valence-corrected chi connectivity index (χ2v) is 4.54. The molecule has 0 aliphatic heterocycles. The van der Waals surface area contributed by atoms with Crippen LogP contribution in [0.15, 0.2) is 23.4 Å². The lowest BCUT2D eigenvalue weighted by molar-refractivity contribution is 0.106. The molecule has 0 fully saturated rings. The summed E-state index contributed by atoms with van der Waals surface area (Å²) < 4.78 is 5.41. The quantitative estimate of drug-likeness (QED) is 0.630. The van der Waals surface area contributed by atoms with E-state index in [9.17, 15) is 4.79 Å². The molecule has 0 saturated carbocycles. The molecule has 1 aromatic rings. The van der Waals surface area contributed by atoms with Crippen molar-refractivity contribution in [3.8, 4) is 5.75 Å². The van der Waals surface area contributed by atoms with Crippen LogP contribution in [0.4, 0.5) is 0 Å². The van der Waals surface area contributed by atoms with Gasteiger partial charge in [-0.15, -0.1) is 0 Å². The van der Waals surface area contributed by atoms with Gasteiger partial charge in [-0.3, -0.25) is 4.79 Å². The molecule has 1 aliphatic rings. The van der Waals surface area contributed by atoms with Gasteiger partial charge < -0.3 is 9.94 Å². The molecule has 0 amide bonds. The maximum absolute atomic E-state index is 12.0. The monoisotopic (exact) mass is 233 g/mol. The van der Waals surface area contributed by atoms with Crippen LogP contribution in [-0.2, 0) is 5.41 Å². The van der Waals surface area contributed by atoms with Crippen LogP contribution in [0.5, 0.6) is 5.75 Å². The van der Waals surface area contributed by atoms with E-state index in [4.69, 9.17) is 9.94 Å². The minimum Gasteiger partial charge on any atom is -0.494 e. The SMILES string of the molecule is CCOc1ccc2c(c1)C(C)(C)/C(=N/O)C2=O. The van der Waals surface area contributed by atoms with Gasteiger partial charge in [0.05, 0.1) is 6.61 Å². The number of carbonyl (C=O) groups is 1. The molecule has 17 heavy (non-hydrogen) atoms. The topological polar surface area (TPSA) is 58.9 Å². The number of hydrogen-bond donors (Lipinski definition) is 1. The summed E-state index contributed by atoms with van der Waals surface area (Å²) >= 11 is 0. The second-order valence-electron chi connectivity index (χ2n) is 4.54. The van der Waals surface area contributed by atoms with Crippen LogP contribution in [0.2, 0.25) is 0 Å². The molecule has 0 saturated heterocycles. The second kappa shape index (κ2) is 3.87. The van der Waals surface area contributed by atoms with Crippen LogP contribution in [0.1, 0.15) is 36.7 Å². The predicted octanol–water partition coefficient (Wildman–Crippen LogP) is 2.39. The number of benzene rings is 1. The summed E-state index contributed by atoms with van der Waals surface area (Å²) in [5.41, 5.74) is 1.04. The molecule has 4 heteroatoms. The Hall–Kier alpha value is -1.84. The lowest BCUT2D eigenvalue weighted by atomic mass is 9.85. The van der Waals surface area contributed by atoms with Gasteiger partial charge in [0, 0.05) is 11.0 Å². The van der Waals surface area contributed by atoms with Crippen molar-refractivity contribution in [2.75, 3.05) is 6.61 Å². The Morgan fingerprint density at radius 1 is 1.41 bits per heavy atom. The molecule has 0 unspecified atom stereocenters. The van der Waals surface area contributed by atoms with Gasteiger partial charge in [-0.25, -0.2) is 0 Å². The van der Waals surface area contributed by atoms with Crippen molar-refractivity contribution in [2.24, 2.45) is 5.16 Å². The van der Waals surface area contributed by atoms with Gasteiger partial charge in [0.2, 0.25) is 5.78 Å². The smallest absolute Gasteiger partial charge is 0.211 e. The molecule has 0 atom stereocenters. The molecule has 0 heterocycles. The van der Waals surface area contributed by atoms with Crippen molar-refractivity contribution in [3.63, 3.8) is 0 Å². The van der Waals surface area contributed by atoms with E-state index in [0.717, 1.165) is 11.3 Å². The van der Waals surface area contributed by atoms with E-state index in [1.165, 1.54) is 0 Å². The van der Waals surface area contributed by atoms with Crippen LogP contribution >= 0.6 is 0 Å². The summed E-state index contributed by atoms with van der Waals surface area (Å²) in [6.07, 6.45) is 0. The van der Waals surface area contributed by atoms with Gasteiger partial charge in [-0.05, 0) is 44.5 Å². The fourth-order valence-electron chi connectivity index (χ4n) is 2.20. The Morgan fingerprint density at radius 3 is 2.71 bits per heavy atom. The molecule has 90 valence electrons. The van der Waals surface area contributed by atoms with Gasteiger partial charge in [0.1, 0.15) is 11.5 Å². The maximum atomic E-state index is 12.0. The summed E-state index contributed by atoms with van der Waals surface area (Å²) in [5.74, 6) is 0.516. The number of carbonyl (C=O) groups excluding carboxylic acids is 1. The van der Waals surface area contributed by atoms with Gasteiger partial charge in [-0.2, -0.15) is 0 Å². The Balaban J connectivity index is 2.58. The molecule has 1 aromatic carbocycles. The number of oxime groups is 1. The Bertz CT molecular complexity index is 503. The highest BCUT2D eigenvalue weighted by Gasteiger charge is 2.43. The molecule has 4 nitrogen and oxygen atoms in total. The van der Waals surface area contributed by atoms with Crippen molar-refractivity contribution >= 4 is 11.5 Å². The lowest BCUT2D eigenvalue weighted by Gasteiger charge is -2.18. The highest BCUT2D eigenvalue weighted by atomic mass is 16.5. The Morgan fingerprint density at radius 2 is 2.12 bits per heavy atom. The van der Waals surface area contributed by atoms with Crippen LogP contribution in [0.25, 0.3) is 0 Å². The first-order chi connectivity index (χ1) is 8.02. The summed E-state index contributed by atoms with van der Waals surface area (Å²) in [6, 6.07) is 5.33. The highest BCUT2D eigenvalue weighted by molar-refractivity contribution is 6.52. The number of nitrogens with zero attached hydrogens (tertiary/aromatic N) is 1. The Kier molecular flexibility index (Phi) is 2.65. The maximum Gasteiger partial charge on any atom is 0.211 e. The molecule has 2 rings (SSSR count). The zero-order chi connectivity index (χ0) is 12.6. The van der Waals surface area contributed by atoms with Crippen molar-refractivity contribution < 1.29 is 14.7 Å². The normalized spacial score (nSPS) is 19.5. The van der Waals surface area contributed by atoms with E-state index in [2.05, 4.69) is 5.16 Å². The van der Waals surface area contributed by atoms with E-state index in [1.807, 2.05) is 26.8 Å². The number of rotatable bonds is 2. The zero-order valence-corrected chi connectivity index (χ0v) is 10.2. The largest absolute Gasteiger partial charge is 0.494 e. The third-order valence-corrected chi connectivity index (χ3v) is 3.13. The first kappa shape index (κ1) is 11.6. The van der Waals surface area contributed by atoms with E-state index >= 15 is 0 Å².